The van der Waals surface area contributed by atoms with Crippen LogP contribution < -0.4 is 5.32 Å². The normalized spacial score (nSPS) is 22.4. The molecule has 3 heteroatoms. The van der Waals surface area contributed by atoms with Crippen LogP contribution in [-0.4, -0.2) is 63.2 Å². The minimum absolute atomic E-state index is 1.16. The number of hydrogen-bond acceptors (Lipinski definition) is 3. The van der Waals surface area contributed by atoms with Crippen LogP contribution in [0.25, 0.3) is 0 Å². The molecule has 2 rings (SSSR count). The molecule has 0 aliphatic carbocycles. The molecule has 0 spiro atoms. The van der Waals surface area contributed by atoms with Gasteiger partial charge in [0.25, 0.3) is 0 Å². The highest BCUT2D eigenvalue weighted by Gasteiger charge is 2.03. The van der Waals surface area contributed by atoms with Gasteiger partial charge in [0.15, 0.2) is 0 Å². The van der Waals surface area contributed by atoms with Gasteiger partial charge in [-0.25, -0.2) is 0 Å². The first-order valence-electron chi connectivity index (χ1n) is 6.37. The standard InChI is InChI=1S/C5H12N2.C5H11N.C2H6/c1-7-4-2-6-3-5-7;1-6-4-2-3-5-6;1-2/h6H,2-5H2,1H3;2-5H2,1H3;1-2H3. The lowest BCUT2D eigenvalue weighted by molar-refractivity contribution is 0.291. The first kappa shape index (κ1) is 14.9. The van der Waals surface area contributed by atoms with Crippen molar-refractivity contribution in [2.24, 2.45) is 0 Å². The van der Waals surface area contributed by atoms with Gasteiger partial charge >= 0.3 is 0 Å². The molecule has 15 heavy (non-hydrogen) atoms. The van der Waals surface area contributed by atoms with E-state index in [2.05, 4.69) is 29.2 Å². The van der Waals surface area contributed by atoms with Crippen LogP contribution in [-0.2, 0) is 0 Å². The average molecular weight is 215 g/mol. The highest BCUT2D eigenvalue weighted by molar-refractivity contribution is 4.62. The van der Waals surface area contributed by atoms with Crippen LogP contribution >= 0.6 is 0 Å². The topological polar surface area (TPSA) is 18.5 Å². The van der Waals surface area contributed by atoms with E-state index in [1.54, 1.807) is 0 Å². The van der Waals surface area contributed by atoms with Crippen LogP contribution in [0.4, 0.5) is 0 Å². The van der Waals surface area contributed by atoms with Gasteiger partial charge in [-0.05, 0) is 40.0 Å². The van der Waals surface area contributed by atoms with Crippen molar-refractivity contribution >= 4 is 0 Å². The Morgan fingerprint density at radius 3 is 1.33 bits per heavy atom. The van der Waals surface area contributed by atoms with E-state index in [-0.39, 0.29) is 0 Å². The zero-order valence-corrected chi connectivity index (χ0v) is 11.1. The first-order chi connectivity index (χ1) is 7.29. The van der Waals surface area contributed by atoms with Gasteiger partial charge < -0.3 is 15.1 Å². The van der Waals surface area contributed by atoms with Crippen LogP contribution in [0.15, 0.2) is 0 Å². The Labute approximate surface area is 95.8 Å². The van der Waals surface area contributed by atoms with E-state index in [0.717, 1.165) is 13.1 Å². The molecule has 0 atom stereocenters. The maximum absolute atomic E-state index is 3.27. The van der Waals surface area contributed by atoms with Gasteiger partial charge in [-0.15, -0.1) is 0 Å². The summed E-state index contributed by atoms with van der Waals surface area (Å²) in [6.07, 6.45) is 2.83. The number of piperazine rings is 1. The van der Waals surface area contributed by atoms with E-state index in [9.17, 15) is 0 Å². The maximum atomic E-state index is 3.27. The molecular formula is C12H29N3. The maximum Gasteiger partial charge on any atom is 0.0104 e. The SMILES string of the molecule is CC.CN1CCCC1.CN1CCNCC1. The summed E-state index contributed by atoms with van der Waals surface area (Å²) in [6.45, 7) is 11.4. The summed E-state index contributed by atoms with van der Waals surface area (Å²) in [4.78, 5) is 4.69. The fraction of sp³-hybridized carbons (Fsp3) is 1.00. The Morgan fingerprint density at radius 2 is 1.13 bits per heavy atom. The molecule has 0 saturated carbocycles. The number of nitrogens with one attached hydrogen (secondary N) is 1. The molecule has 2 fully saturated rings. The number of likely N-dealkylation sites (N-methyl/N-ethyl adjacent to an activating group) is 1. The molecule has 0 aromatic heterocycles. The molecule has 1 N–H and O–H groups in total. The van der Waals surface area contributed by atoms with Crippen molar-refractivity contribution in [2.75, 3.05) is 53.4 Å². The van der Waals surface area contributed by atoms with E-state index >= 15 is 0 Å². The Hall–Kier alpha value is -0.120. The third-order valence-electron chi connectivity index (χ3n) is 2.67. The Balaban J connectivity index is 0.000000227. The lowest BCUT2D eigenvalue weighted by atomic mass is 10.4. The molecule has 0 amide bonds. The van der Waals surface area contributed by atoms with Gasteiger partial charge in [-0.2, -0.15) is 0 Å². The summed E-state index contributed by atoms with van der Waals surface area (Å²) >= 11 is 0. The summed E-state index contributed by atoms with van der Waals surface area (Å²) < 4.78 is 0. The average Bonchev–Trinajstić information content (AvgIpc) is 2.74. The molecule has 3 nitrogen and oxygen atoms in total. The van der Waals surface area contributed by atoms with Gasteiger partial charge in [-0.3, -0.25) is 0 Å². The molecule has 0 unspecified atom stereocenters. The fourth-order valence-electron chi connectivity index (χ4n) is 1.65. The summed E-state index contributed by atoms with van der Waals surface area (Å²) in [7, 11) is 4.33. The van der Waals surface area contributed by atoms with Crippen molar-refractivity contribution in [1.29, 1.82) is 0 Å². The minimum Gasteiger partial charge on any atom is -0.314 e. The van der Waals surface area contributed by atoms with E-state index in [0.29, 0.717) is 0 Å². The van der Waals surface area contributed by atoms with E-state index < -0.39 is 0 Å². The van der Waals surface area contributed by atoms with Gasteiger partial charge in [0, 0.05) is 26.2 Å². The monoisotopic (exact) mass is 215 g/mol. The Kier molecular flexibility index (Phi) is 10.3. The highest BCUT2D eigenvalue weighted by Crippen LogP contribution is 2.02. The van der Waals surface area contributed by atoms with Gasteiger partial charge in [0.05, 0.1) is 0 Å². The second kappa shape index (κ2) is 10.4. The van der Waals surface area contributed by atoms with Crippen molar-refractivity contribution in [3.05, 3.63) is 0 Å². The number of rotatable bonds is 0. The molecule has 0 bridgehead atoms. The second-order valence-corrected chi connectivity index (χ2v) is 4.06. The number of hydrogen-bond donors (Lipinski definition) is 1. The zero-order valence-electron chi connectivity index (χ0n) is 11.1. The fourth-order valence-corrected chi connectivity index (χ4v) is 1.65. The summed E-state index contributed by atoms with van der Waals surface area (Å²) in [5, 5.41) is 3.27. The van der Waals surface area contributed by atoms with E-state index in [4.69, 9.17) is 0 Å². The second-order valence-electron chi connectivity index (χ2n) is 4.06. The third kappa shape index (κ3) is 8.85. The largest absolute Gasteiger partial charge is 0.314 e. The molecule has 2 aliphatic heterocycles. The van der Waals surface area contributed by atoms with Gasteiger partial charge in [-0.1, -0.05) is 13.8 Å². The zero-order chi connectivity index (χ0) is 11.5. The van der Waals surface area contributed by atoms with E-state index in [1.807, 2.05) is 13.8 Å². The van der Waals surface area contributed by atoms with E-state index in [1.165, 1.54) is 39.0 Å². The predicted octanol–water partition coefficient (Wildman–Crippen LogP) is 1.26. The molecule has 2 aliphatic rings. The van der Waals surface area contributed by atoms with Crippen molar-refractivity contribution in [3.8, 4) is 0 Å². The van der Waals surface area contributed by atoms with Crippen molar-refractivity contribution in [1.82, 2.24) is 15.1 Å². The molecule has 0 aromatic carbocycles. The van der Waals surface area contributed by atoms with Gasteiger partial charge in [0.2, 0.25) is 0 Å². The molecule has 2 heterocycles. The summed E-state index contributed by atoms with van der Waals surface area (Å²) in [5.41, 5.74) is 0. The minimum atomic E-state index is 1.16. The molecular weight excluding hydrogens is 186 g/mol. The smallest absolute Gasteiger partial charge is 0.0104 e. The third-order valence-corrected chi connectivity index (χ3v) is 2.67. The quantitative estimate of drug-likeness (QED) is 0.656. The molecule has 92 valence electrons. The molecule has 0 radical (unpaired) electrons. The number of likely N-dealkylation sites (tertiary alicyclic amines) is 1. The molecule has 2 saturated heterocycles. The van der Waals surface area contributed by atoms with Crippen molar-refractivity contribution in [2.45, 2.75) is 26.7 Å². The van der Waals surface area contributed by atoms with Crippen molar-refractivity contribution < 1.29 is 0 Å². The van der Waals surface area contributed by atoms with Crippen LogP contribution in [0.5, 0.6) is 0 Å². The lowest BCUT2D eigenvalue weighted by Gasteiger charge is -2.21. The highest BCUT2D eigenvalue weighted by atomic mass is 15.2. The molecule has 0 aromatic rings. The number of nitrogens with zero attached hydrogens (tertiary/aromatic N) is 2. The lowest BCUT2D eigenvalue weighted by Crippen LogP contribution is -2.40. The van der Waals surface area contributed by atoms with Crippen molar-refractivity contribution in [3.63, 3.8) is 0 Å². The van der Waals surface area contributed by atoms with Crippen LogP contribution in [0.3, 0.4) is 0 Å². The summed E-state index contributed by atoms with van der Waals surface area (Å²) in [6, 6.07) is 0. The summed E-state index contributed by atoms with van der Waals surface area (Å²) in [5.74, 6) is 0. The Bertz CT molecular complexity index is 116. The van der Waals surface area contributed by atoms with Crippen LogP contribution in [0.2, 0.25) is 0 Å². The van der Waals surface area contributed by atoms with Crippen LogP contribution in [0, 0.1) is 0 Å². The first-order valence-corrected chi connectivity index (χ1v) is 6.37. The Morgan fingerprint density at radius 1 is 0.733 bits per heavy atom. The van der Waals surface area contributed by atoms with Gasteiger partial charge in [0.1, 0.15) is 0 Å². The van der Waals surface area contributed by atoms with Crippen LogP contribution in [0.1, 0.15) is 26.7 Å². The predicted molar refractivity (Wildman–Crippen MR) is 68.4 cm³/mol.